The Kier molecular flexibility index (Phi) is 2.49. The molecule has 3 rings (SSSR count). The van der Waals surface area contributed by atoms with Gasteiger partial charge in [0.1, 0.15) is 11.5 Å². The summed E-state index contributed by atoms with van der Waals surface area (Å²) in [4.78, 5) is 1.18. The smallest absolute Gasteiger partial charge is 0.129 e. The van der Waals surface area contributed by atoms with Crippen molar-refractivity contribution in [3.8, 4) is 21.9 Å². The van der Waals surface area contributed by atoms with Gasteiger partial charge in [-0.15, -0.1) is 11.3 Å². The van der Waals surface area contributed by atoms with E-state index in [1.807, 2.05) is 29.6 Å². The van der Waals surface area contributed by atoms with Crippen LogP contribution in [0.5, 0.6) is 11.5 Å². The molecule has 0 saturated carbocycles. The molecule has 0 saturated heterocycles. The minimum Gasteiger partial charge on any atom is -0.508 e. The Bertz CT molecular complexity index is 715. The van der Waals surface area contributed by atoms with Crippen molar-refractivity contribution in [1.29, 1.82) is 0 Å². The van der Waals surface area contributed by atoms with Gasteiger partial charge in [-0.05, 0) is 41.5 Å². The first-order valence-corrected chi connectivity index (χ1v) is 6.54. The molecule has 0 amide bonds. The topological polar surface area (TPSA) is 40.5 Å². The average Bonchev–Trinajstić information content (AvgIpc) is 2.89. The summed E-state index contributed by atoms with van der Waals surface area (Å²) in [5.74, 6) is 0.283. The molecule has 2 nitrogen and oxygen atoms in total. The summed E-state index contributed by atoms with van der Waals surface area (Å²) >= 11 is 1.67. The predicted octanol–water partition coefficient (Wildman–Crippen LogP) is 4.29. The van der Waals surface area contributed by atoms with Gasteiger partial charge >= 0.3 is 0 Å². The third kappa shape index (κ3) is 1.64. The van der Waals surface area contributed by atoms with Gasteiger partial charge in [0.15, 0.2) is 0 Å². The quantitative estimate of drug-likeness (QED) is 0.682. The van der Waals surface area contributed by atoms with Crippen molar-refractivity contribution in [2.45, 2.75) is 6.92 Å². The summed E-state index contributed by atoms with van der Waals surface area (Å²) in [5, 5.41) is 23.4. The molecule has 0 unspecified atom stereocenters. The Balaban J connectivity index is 2.28. The van der Waals surface area contributed by atoms with E-state index in [4.69, 9.17) is 0 Å². The molecule has 0 atom stereocenters. The molecule has 1 aromatic heterocycles. The number of phenolic OH excluding ortho intramolecular Hbond substituents is 2. The fourth-order valence-electron chi connectivity index (χ4n) is 2.07. The lowest BCUT2D eigenvalue weighted by Crippen LogP contribution is -1.82. The first-order chi connectivity index (χ1) is 8.66. The van der Waals surface area contributed by atoms with E-state index in [-0.39, 0.29) is 11.5 Å². The molecular weight excluding hydrogens is 244 g/mol. The first kappa shape index (κ1) is 11.1. The Morgan fingerprint density at radius 3 is 2.61 bits per heavy atom. The Morgan fingerprint density at radius 2 is 1.89 bits per heavy atom. The normalized spacial score (nSPS) is 10.9. The molecule has 2 aromatic carbocycles. The molecule has 0 fully saturated rings. The van der Waals surface area contributed by atoms with Crippen molar-refractivity contribution in [2.24, 2.45) is 0 Å². The second-order valence-corrected chi connectivity index (χ2v) is 5.23. The maximum Gasteiger partial charge on any atom is 0.129 e. The van der Waals surface area contributed by atoms with Crippen LogP contribution in [-0.4, -0.2) is 10.2 Å². The van der Waals surface area contributed by atoms with Gasteiger partial charge in [-0.2, -0.15) is 0 Å². The molecule has 18 heavy (non-hydrogen) atoms. The number of fused-ring (bicyclic) bond motifs is 1. The largest absolute Gasteiger partial charge is 0.508 e. The highest BCUT2D eigenvalue weighted by molar-refractivity contribution is 7.13. The molecule has 0 spiro atoms. The van der Waals surface area contributed by atoms with Gasteiger partial charge in [0.25, 0.3) is 0 Å². The minimum atomic E-state index is 0.128. The molecule has 90 valence electrons. The van der Waals surface area contributed by atoms with Gasteiger partial charge in [-0.25, -0.2) is 0 Å². The summed E-state index contributed by atoms with van der Waals surface area (Å²) in [6.45, 7) is 1.71. The highest BCUT2D eigenvalue weighted by Crippen LogP contribution is 2.37. The molecular formula is C15H12O2S. The second-order valence-electron chi connectivity index (χ2n) is 4.28. The second kappa shape index (κ2) is 4.03. The van der Waals surface area contributed by atoms with Gasteiger partial charge in [-0.1, -0.05) is 18.2 Å². The zero-order valence-electron chi connectivity index (χ0n) is 9.84. The lowest BCUT2D eigenvalue weighted by Gasteiger charge is -2.08. The highest BCUT2D eigenvalue weighted by Gasteiger charge is 2.09. The van der Waals surface area contributed by atoms with Crippen molar-refractivity contribution in [3.63, 3.8) is 0 Å². The van der Waals surface area contributed by atoms with Gasteiger partial charge in [0, 0.05) is 15.8 Å². The molecule has 2 N–H and O–H groups in total. The summed E-state index contributed by atoms with van der Waals surface area (Å²) in [5.41, 5.74) is 1.62. The molecule has 3 aromatic rings. The average molecular weight is 256 g/mol. The minimum absolute atomic E-state index is 0.128. The Hall–Kier alpha value is -2.00. The van der Waals surface area contributed by atoms with Crippen LogP contribution in [0.15, 0.2) is 41.8 Å². The van der Waals surface area contributed by atoms with Crippen LogP contribution in [-0.2, 0) is 0 Å². The maximum absolute atomic E-state index is 10.0. The summed E-state index contributed by atoms with van der Waals surface area (Å²) in [6, 6.07) is 11.6. The molecule has 0 aliphatic carbocycles. The molecule has 1 heterocycles. The number of benzene rings is 2. The zero-order valence-corrected chi connectivity index (χ0v) is 10.7. The van der Waals surface area contributed by atoms with Gasteiger partial charge < -0.3 is 10.2 Å². The Labute approximate surface area is 109 Å². The van der Waals surface area contributed by atoms with E-state index in [2.05, 4.69) is 6.07 Å². The number of phenols is 2. The maximum atomic E-state index is 10.0. The molecule has 0 aliphatic heterocycles. The SMILES string of the molecule is Cc1c(O)cc2cc(-c3cccs3)ccc2c1O. The number of thiophene rings is 1. The number of rotatable bonds is 1. The lowest BCUT2D eigenvalue weighted by atomic mass is 10.0. The zero-order chi connectivity index (χ0) is 12.7. The van der Waals surface area contributed by atoms with Crippen molar-refractivity contribution >= 4 is 22.1 Å². The fourth-order valence-corrected chi connectivity index (χ4v) is 2.80. The van der Waals surface area contributed by atoms with Crippen LogP contribution in [0.1, 0.15) is 5.56 Å². The van der Waals surface area contributed by atoms with E-state index in [9.17, 15) is 10.2 Å². The van der Waals surface area contributed by atoms with Crippen LogP contribution in [0.3, 0.4) is 0 Å². The van der Waals surface area contributed by atoms with Gasteiger partial charge in [0.05, 0.1) is 0 Å². The van der Waals surface area contributed by atoms with E-state index in [1.165, 1.54) is 4.88 Å². The third-order valence-electron chi connectivity index (χ3n) is 3.14. The van der Waals surface area contributed by atoms with Crippen molar-refractivity contribution in [3.05, 3.63) is 47.3 Å². The van der Waals surface area contributed by atoms with Crippen molar-refractivity contribution in [1.82, 2.24) is 0 Å². The van der Waals surface area contributed by atoms with Crippen molar-refractivity contribution < 1.29 is 10.2 Å². The van der Waals surface area contributed by atoms with Crippen molar-refractivity contribution in [2.75, 3.05) is 0 Å². The molecule has 0 bridgehead atoms. The van der Waals surface area contributed by atoms with Crippen LogP contribution >= 0.6 is 11.3 Å². The highest BCUT2D eigenvalue weighted by atomic mass is 32.1. The molecule has 0 aliphatic rings. The van der Waals surface area contributed by atoms with Gasteiger partial charge in [-0.3, -0.25) is 0 Å². The fraction of sp³-hybridized carbons (Fsp3) is 0.0667. The van der Waals surface area contributed by atoms with Crippen LogP contribution in [0.2, 0.25) is 0 Å². The predicted molar refractivity (Wildman–Crippen MR) is 75.3 cm³/mol. The number of hydrogen-bond donors (Lipinski definition) is 2. The Morgan fingerprint density at radius 1 is 1.06 bits per heavy atom. The number of aromatic hydroxyl groups is 2. The van der Waals surface area contributed by atoms with Crippen LogP contribution < -0.4 is 0 Å². The first-order valence-electron chi connectivity index (χ1n) is 5.66. The van der Waals surface area contributed by atoms with E-state index in [1.54, 1.807) is 24.3 Å². The number of hydrogen-bond acceptors (Lipinski definition) is 3. The van der Waals surface area contributed by atoms with Gasteiger partial charge in [0.2, 0.25) is 0 Å². The standard InChI is InChI=1S/C15H12O2S/c1-9-13(16)8-11-7-10(14-3-2-6-18-14)4-5-12(11)15(9)17/h2-8,16-17H,1H3. The van der Waals surface area contributed by atoms with E-state index in [0.29, 0.717) is 5.56 Å². The third-order valence-corrected chi connectivity index (χ3v) is 4.06. The van der Waals surface area contributed by atoms with E-state index < -0.39 is 0 Å². The van der Waals surface area contributed by atoms with E-state index in [0.717, 1.165) is 16.3 Å². The molecule has 3 heteroatoms. The van der Waals surface area contributed by atoms with E-state index >= 15 is 0 Å². The molecule has 0 radical (unpaired) electrons. The lowest BCUT2D eigenvalue weighted by molar-refractivity contribution is 0.448. The monoisotopic (exact) mass is 256 g/mol. The summed E-state index contributed by atoms with van der Waals surface area (Å²) in [6.07, 6.45) is 0. The van der Waals surface area contributed by atoms with Crippen LogP contribution in [0, 0.1) is 6.92 Å². The van der Waals surface area contributed by atoms with Crippen LogP contribution in [0.25, 0.3) is 21.2 Å². The summed E-state index contributed by atoms with van der Waals surface area (Å²) in [7, 11) is 0. The van der Waals surface area contributed by atoms with Crippen LogP contribution in [0.4, 0.5) is 0 Å². The summed E-state index contributed by atoms with van der Waals surface area (Å²) < 4.78 is 0.